The van der Waals surface area contributed by atoms with Gasteiger partial charge in [-0.2, -0.15) is 0 Å². The van der Waals surface area contributed by atoms with Crippen LogP contribution in [0.5, 0.6) is 0 Å². The third-order valence-electron chi connectivity index (χ3n) is 0.595. The van der Waals surface area contributed by atoms with Crippen molar-refractivity contribution in [1.29, 1.82) is 0 Å². The fourth-order valence-corrected chi connectivity index (χ4v) is 1.36. The van der Waals surface area contributed by atoms with Gasteiger partial charge in [-0.15, -0.1) is 0 Å². The minimum atomic E-state index is -4.69. The number of hydrogen-bond acceptors (Lipinski definition) is 1. The molecule has 50 valence electrons. The third-order valence-corrected chi connectivity index (χ3v) is 2.01. The van der Waals surface area contributed by atoms with E-state index in [2.05, 4.69) is 0 Å². The molecular formula is C3H4F3NOZn. The van der Waals surface area contributed by atoms with Gasteiger partial charge in [0, 0.05) is 0 Å². The Hall–Kier alpha value is -0.117. The van der Waals surface area contributed by atoms with Crippen LogP contribution in [-0.2, 0) is 22.2 Å². The van der Waals surface area contributed by atoms with Crippen LogP contribution < -0.4 is 4.06 Å². The Bertz CT molecular complexity index is 112. The van der Waals surface area contributed by atoms with E-state index < -0.39 is 29.4 Å². The number of carbonyl (C=O) groups excluding carboxylic acids is 1. The first-order valence-electron chi connectivity index (χ1n) is 2.33. The zero-order valence-electron chi connectivity index (χ0n) is 4.75. The number of nitrogens with one attached hydrogen (secondary N) is 1. The predicted molar refractivity (Wildman–Crippen MR) is 20.1 cm³/mol. The zero-order valence-corrected chi connectivity index (χ0v) is 7.72. The molecule has 1 N–H and O–H groups in total. The molecule has 0 saturated heterocycles. The summed E-state index contributed by atoms with van der Waals surface area (Å²) in [6, 6.07) is 0. The molecular weight excluding hydrogens is 188 g/mol. The Morgan fingerprint density at radius 1 is 1.56 bits per heavy atom. The van der Waals surface area contributed by atoms with Gasteiger partial charge in [-0.1, -0.05) is 0 Å². The number of rotatable bonds is 1. The van der Waals surface area contributed by atoms with E-state index in [0.717, 1.165) is 0 Å². The van der Waals surface area contributed by atoms with E-state index >= 15 is 0 Å². The molecule has 0 aliphatic carbocycles. The van der Waals surface area contributed by atoms with Crippen LogP contribution in [0.2, 0.25) is 5.52 Å². The molecule has 0 rings (SSSR count). The molecule has 0 fully saturated rings. The van der Waals surface area contributed by atoms with Gasteiger partial charge in [0.15, 0.2) is 0 Å². The molecule has 6 heteroatoms. The van der Waals surface area contributed by atoms with Crippen LogP contribution in [0.3, 0.4) is 0 Å². The topological polar surface area (TPSA) is 29.1 Å². The van der Waals surface area contributed by atoms with Crippen molar-refractivity contribution < 1.29 is 35.3 Å². The predicted octanol–water partition coefficient (Wildman–Crippen LogP) is 0.710. The second-order valence-corrected chi connectivity index (χ2v) is 3.58. The summed E-state index contributed by atoms with van der Waals surface area (Å²) in [6.45, 7) is 0. The maximum atomic E-state index is 11.3. The van der Waals surface area contributed by atoms with Crippen molar-refractivity contribution in [3.8, 4) is 0 Å². The minimum absolute atomic E-state index is 1.39. The van der Waals surface area contributed by atoms with E-state index in [0.29, 0.717) is 0 Å². The van der Waals surface area contributed by atoms with Crippen molar-refractivity contribution in [3.05, 3.63) is 0 Å². The van der Waals surface area contributed by atoms with Gasteiger partial charge >= 0.3 is 57.0 Å². The second-order valence-electron chi connectivity index (χ2n) is 1.36. The summed E-state index contributed by atoms with van der Waals surface area (Å²) in [4.78, 5) is 9.88. The van der Waals surface area contributed by atoms with Crippen molar-refractivity contribution in [2.45, 2.75) is 11.7 Å². The average molecular weight is 192 g/mol. The molecule has 0 atom stereocenters. The van der Waals surface area contributed by atoms with Crippen LogP contribution >= 0.6 is 0 Å². The Morgan fingerprint density at radius 2 is 2.00 bits per heavy atom. The summed E-state index contributed by atoms with van der Waals surface area (Å²) in [5, 5.41) is 0. The zero-order chi connectivity index (χ0) is 7.49. The van der Waals surface area contributed by atoms with Crippen LogP contribution in [0.4, 0.5) is 13.2 Å². The van der Waals surface area contributed by atoms with E-state index in [1.807, 2.05) is 4.06 Å². The third kappa shape index (κ3) is 3.46. The SMILES string of the molecule is [CH3][Zn][NH]C(=O)C(F)(F)F. The Kier molecular flexibility index (Phi) is 3.11. The van der Waals surface area contributed by atoms with Crippen LogP contribution in [0.25, 0.3) is 0 Å². The van der Waals surface area contributed by atoms with Crippen molar-refractivity contribution in [1.82, 2.24) is 4.06 Å². The van der Waals surface area contributed by atoms with E-state index in [1.54, 1.807) is 5.52 Å². The molecule has 0 aromatic rings. The molecule has 0 radical (unpaired) electrons. The Morgan fingerprint density at radius 3 is 2.11 bits per heavy atom. The molecule has 2 nitrogen and oxygen atoms in total. The summed E-state index contributed by atoms with van der Waals surface area (Å²) in [5.74, 6) is -1.80. The van der Waals surface area contributed by atoms with Crippen molar-refractivity contribution in [2.24, 2.45) is 0 Å². The first kappa shape index (κ1) is 8.88. The molecule has 0 unspecified atom stereocenters. The first-order valence-corrected chi connectivity index (χ1v) is 6.78. The summed E-state index contributed by atoms with van der Waals surface area (Å²) in [7, 11) is 0. The van der Waals surface area contributed by atoms with Crippen LogP contribution in [0.1, 0.15) is 0 Å². The van der Waals surface area contributed by atoms with Gasteiger partial charge in [0.05, 0.1) is 0 Å². The molecule has 0 aromatic carbocycles. The van der Waals surface area contributed by atoms with Crippen LogP contribution in [0, 0.1) is 0 Å². The van der Waals surface area contributed by atoms with Crippen molar-refractivity contribution in [2.75, 3.05) is 0 Å². The quantitative estimate of drug-likeness (QED) is 0.609. The number of hydrogen-bond donors (Lipinski definition) is 1. The van der Waals surface area contributed by atoms with Gasteiger partial charge in [0.2, 0.25) is 0 Å². The molecule has 0 aliphatic heterocycles. The van der Waals surface area contributed by atoms with Gasteiger partial charge in [-0.3, -0.25) is 0 Å². The molecule has 0 bridgehead atoms. The fraction of sp³-hybridized carbons (Fsp3) is 0.667. The number of alkyl halides is 3. The van der Waals surface area contributed by atoms with Gasteiger partial charge < -0.3 is 0 Å². The average Bonchev–Trinajstić information content (AvgIpc) is 1.64. The van der Waals surface area contributed by atoms with Crippen molar-refractivity contribution >= 4 is 5.91 Å². The van der Waals surface area contributed by atoms with Gasteiger partial charge in [0.25, 0.3) is 0 Å². The van der Waals surface area contributed by atoms with Crippen LogP contribution in [-0.4, -0.2) is 12.1 Å². The van der Waals surface area contributed by atoms with E-state index in [-0.39, 0.29) is 0 Å². The monoisotopic (exact) mass is 191 g/mol. The normalized spacial score (nSPS) is 10.2. The Balaban J connectivity index is 3.74. The van der Waals surface area contributed by atoms with Gasteiger partial charge in [-0.25, -0.2) is 0 Å². The van der Waals surface area contributed by atoms with E-state index in [4.69, 9.17) is 0 Å². The molecule has 0 spiro atoms. The van der Waals surface area contributed by atoms with Crippen molar-refractivity contribution in [3.63, 3.8) is 0 Å². The van der Waals surface area contributed by atoms with E-state index in [9.17, 15) is 18.0 Å². The fourth-order valence-electron chi connectivity index (χ4n) is 0.261. The van der Waals surface area contributed by atoms with E-state index in [1.165, 1.54) is 0 Å². The molecule has 0 heterocycles. The number of halogens is 3. The molecule has 0 aliphatic rings. The summed E-state index contributed by atoms with van der Waals surface area (Å²) >= 11 is -1.39. The van der Waals surface area contributed by atoms with Crippen LogP contribution in [0.15, 0.2) is 0 Å². The summed E-state index contributed by atoms with van der Waals surface area (Å²) < 4.78 is 35.6. The molecule has 1 amide bonds. The molecule has 0 saturated carbocycles. The standard InChI is InChI=1S/C2H2F3NO.CH3.Zn/c3-2(4,5)1(6)7;;/h(H2,6,7);1H3;/q;;+1/p-1. The first-order chi connectivity index (χ1) is 3.98. The maximum absolute atomic E-state index is 11.3. The number of carbonyl (C=O) groups is 1. The van der Waals surface area contributed by atoms with Gasteiger partial charge in [0.1, 0.15) is 0 Å². The summed E-state index contributed by atoms with van der Waals surface area (Å²) in [5.41, 5.74) is 1.61. The second kappa shape index (κ2) is 3.15. The summed E-state index contributed by atoms with van der Waals surface area (Å²) in [6.07, 6.45) is -4.69. The van der Waals surface area contributed by atoms with Gasteiger partial charge in [-0.05, 0) is 0 Å². The Labute approximate surface area is 57.7 Å². The number of amides is 1. The molecule has 9 heavy (non-hydrogen) atoms. The molecule has 0 aromatic heterocycles.